The van der Waals surface area contributed by atoms with Crippen LogP contribution in [0.1, 0.15) is 50.6 Å². The first-order valence-corrected chi connectivity index (χ1v) is 8.60. The van der Waals surface area contributed by atoms with Gasteiger partial charge in [0.15, 0.2) is 0 Å². The maximum Gasteiger partial charge on any atom is 0.305 e. The van der Waals surface area contributed by atoms with Gasteiger partial charge in [0, 0.05) is 12.3 Å². The number of nitrogens with one attached hydrogen (secondary N) is 1. The molecular formula is C19H28N2O5. The highest BCUT2D eigenvalue weighted by atomic mass is 16.5. The van der Waals surface area contributed by atoms with Crippen molar-refractivity contribution in [1.29, 1.82) is 0 Å². The molecule has 7 nitrogen and oxygen atoms in total. The minimum atomic E-state index is -1.04. The number of ether oxygens (including phenoxy) is 1. The van der Waals surface area contributed by atoms with Gasteiger partial charge < -0.3 is 20.3 Å². The molecule has 2 unspecified atom stereocenters. The van der Waals surface area contributed by atoms with Crippen LogP contribution in [-0.2, 0) is 9.59 Å². The Balaban J connectivity index is 2.88. The van der Waals surface area contributed by atoms with Crippen molar-refractivity contribution in [2.45, 2.75) is 45.1 Å². The molecule has 0 fully saturated rings. The van der Waals surface area contributed by atoms with Crippen LogP contribution in [0.2, 0.25) is 0 Å². The molecule has 0 saturated carbocycles. The van der Waals surface area contributed by atoms with Crippen LogP contribution in [0, 0.1) is 5.41 Å². The van der Waals surface area contributed by atoms with Crippen LogP contribution in [-0.4, -0.2) is 40.8 Å². The van der Waals surface area contributed by atoms with E-state index >= 15 is 0 Å². The van der Waals surface area contributed by atoms with Gasteiger partial charge in [-0.3, -0.25) is 9.59 Å². The standard InChI is InChI=1S/C19H28N2O5/c1-4-5-6-7-10-19(2,13-22)18(25)21-15(11-17(23)24)14-8-9-16(26-3)20-12-14/h4,8-9,12,15,22H,1,5-7,10-11,13H2,2-3H3,(H,21,25)(H,23,24). The number of aliphatic hydroxyl groups excluding tert-OH is 1. The van der Waals surface area contributed by atoms with Gasteiger partial charge >= 0.3 is 5.97 Å². The lowest BCUT2D eigenvalue weighted by atomic mass is 9.84. The molecule has 1 aromatic heterocycles. The number of carbonyl (C=O) groups excluding carboxylic acids is 1. The SMILES string of the molecule is C=CCCCCC(C)(CO)C(=O)NC(CC(=O)O)c1ccc(OC)nc1. The number of hydrogen-bond acceptors (Lipinski definition) is 5. The molecule has 3 N–H and O–H groups in total. The summed E-state index contributed by atoms with van der Waals surface area (Å²) >= 11 is 0. The molecule has 2 atom stereocenters. The van der Waals surface area contributed by atoms with Gasteiger partial charge in [0.25, 0.3) is 0 Å². The fourth-order valence-electron chi connectivity index (χ4n) is 2.55. The molecule has 0 aliphatic carbocycles. The summed E-state index contributed by atoms with van der Waals surface area (Å²) in [6, 6.07) is 2.54. The van der Waals surface area contributed by atoms with Crippen molar-refractivity contribution in [3.63, 3.8) is 0 Å². The summed E-state index contributed by atoms with van der Waals surface area (Å²) in [5.74, 6) is -1.01. The molecule has 0 aromatic carbocycles. The molecule has 1 rings (SSSR count). The number of carboxylic acids is 1. The van der Waals surface area contributed by atoms with Crippen molar-refractivity contribution in [3.05, 3.63) is 36.5 Å². The lowest BCUT2D eigenvalue weighted by Crippen LogP contribution is -2.43. The summed E-state index contributed by atoms with van der Waals surface area (Å²) in [4.78, 5) is 28.0. The molecule has 0 aliphatic heterocycles. The smallest absolute Gasteiger partial charge is 0.305 e. The number of methoxy groups -OCH3 is 1. The van der Waals surface area contributed by atoms with Crippen molar-refractivity contribution in [2.24, 2.45) is 5.41 Å². The average Bonchev–Trinajstić information content (AvgIpc) is 2.64. The fourth-order valence-corrected chi connectivity index (χ4v) is 2.55. The summed E-state index contributed by atoms with van der Waals surface area (Å²) in [5.41, 5.74) is -0.411. The molecular weight excluding hydrogens is 336 g/mol. The molecule has 0 bridgehead atoms. The number of amides is 1. The van der Waals surface area contributed by atoms with E-state index in [4.69, 9.17) is 9.84 Å². The summed E-state index contributed by atoms with van der Waals surface area (Å²) in [5, 5.41) is 21.6. The third-order valence-electron chi connectivity index (χ3n) is 4.34. The van der Waals surface area contributed by atoms with Gasteiger partial charge in [-0.15, -0.1) is 6.58 Å². The Hall–Kier alpha value is -2.41. The highest BCUT2D eigenvalue weighted by Gasteiger charge is 2.34. The van der Waals surface area contributed by atoms with Crippen LogP contribution in [0.15, 0.2) is 31.0 Å². The van der Waals surface area contributed by atoms with Gasteiger partial charge in [-0.2, -0.15) is 0 Å². The number of nitrogens with zero attached hydrogens (tertiary/aromatic N) is 1. The number of allylic oxidation sites excluding steroid dienone is 1. The first kappa shape index (κ1) is 21.6. The summed E-state index contributed by atoms with van der Waals surface area (Å²) in [6.45, 7) is 5.03. The van der Waals surface area contributed by atoms with Crippen LogP contribution in [0.3, 0.4) is 0 Å². The maximum atomic E-state index is 12.7. The number of carboxylic acid groups (broad SMARTS) is 1. The monoisotopic (exact) mass is 364 g/mol. The van der Waals surface area contributed by atoms with E-state index in [0.717, 1.165) is 19.3 Å². The van der Waals surface area contributed by atoms with Crippen molar-refractivity contribution in [1.82, 2.24) is 10.3 Å². The summed E-state index contributed by atoms with van der Waals surface area (Å²) in [6.07, 6.45) is 6.02. The topological polar surface area (TPSA) is 109 Å². The number of unbranched alkanes of at least 4 members (excludes halogenated alkanes) is 2. The highest BCUT2D eigenvalue weighted by molar-refractivity contribution is 5.83. The first-order valence-electron chi connectivity index (χ1n) is 8.60. The molecule has 1 heterocycles. The zero-order valence-corrected chi connectivity index (χ0v) is 15.4. The van der Waals surface area contributed by atoms with E-state index in [1.54, 1.807) is 19.1 Å². The van der Waals surface area contributed by atoms with E-state index in [-0.39, 0.29) is 18.9 Å². The second-order valence-corrected chi connectivity index (χ2v) is 6.51. The predicted molar refractivity (Wildman–Crippen MR) is 97.8 cm³/mol. The van der Waals surface area contributed by atoms with Gasteiger partial charge in [-0.1, -0.05) is 18.6 Å². The maximum absolute atomic E-state index is 12.7. The Morgan fingerprint density at radius 1 is 1.42 bits per heavy atom. The highest BCUT2D eigenvalue weighted by Crippen LogP contribution is 2.27. The van der Waals surface area contributed by atoms with E-state index in [1.165, 1.54) is 13.3 Å². The first-order chi connectivity index (χ1) is 12.4. The zero-order chi connectivity index (χ0) is 19.6. The number of rotatable bonds is 12. The normalized spacial score (nSPS) is 14.1. The van der Waals surface area contributed by atoms with Gasteiger partial charge in [0.05, 0.1) is 31.6 Å². The number of hydrogen-bond donors (Lipinski definition) is 3. The van der Waals surface area contributed by atoms with Crippen LogP contribution in [0.5, 0.6) is 5.88 Å². The second-order valence-electron chi connectivity index (χ2n) is 6.51. The van der Waals surface area contributed by atoms with Crippen LogP contribution in [0.4, 0.5) is 0 Å². The molecule has 0 aliphatic rings. The molecule has 0 radical (unpaired) electrons. The Morgan fingerprint density at radius 2 is 2.15 bits per heavy atom. The zero-order valence-electron chi connectivity index (χ0n) is 15.4. The number of aliphatic carboxylic acids is 1. The van der Waals surface area contributed by atoms with E-state index < -0.39 is 17.4 Å². The van der Waals surface area contributed by atoms with Crippen molar-refractivity contribution < 1.29 is 24.5 Å². The lowest BCUT2D eigenvalue weighted by molar-refractivity contribution is -0.138. The van der Waals surface area contributed by atoms with Gasteiger partial charge in [0.2, 0.25) is 11.8 Å². The van der Waals surface area contributed by atoms with Gasteiger partial charge in [-0.05, 0) is 31.7 Å². The Labute approximate surface area is 154 Å². The van der Waals surface area contributed by atoms with Gasteiger partial charge in [-0.25, -0.2) is 4.98 Å². The number of aliphatic hydroxyl groups is 1. The van der Waals surface area contributed by atoms with Crippen LogP contribution < -0.4 is 10.1 Å². The lowest BCUT2D eigenvalue weighted by Gasteiger charge is -2.29. The molecule has 144 valence electrons. The molecule has 0 saturated heterocycles. The Bertz CT molecular complexity index is 602. The average molecular weight is 364 g/mol. The molecule has 1 amide bonds. The quantitative estimate of drug-likeness (QED) is 0.388. The third-order valence-corrected chi connectivity index (χ3v) is 4.34. The molecule has 1 aromatic rings. The predicted octanol–water partition coefficient (Wildman–Crippen LogP) is 2.47. The number of aromatic nitrogens is 1. The van der Waals surface area contributed by atoms with E-state index in [0.29, 0.717) is 17.9 Å². The fraction of sp³-hybridized carbons (Fsp3) is 0.526. The van der Waals surface area contributed by atoms with Crippen LogP contribution >= 0.6 is 0 Å². The Kier molecular flexibility index (Phi) is 8.78. The number of pyridine rings is 1. The minimum Gasteiger partial charge on any atom is -0.481 e. The molecule has 0 spiro atoms. The largest absolute Gasteiger partial charge is 0.481 e. The van der Waals surface area contributed by atoms with Crippen LogP contribution in [0.25, 0.3) is 0 Å². The van der Waals surface area contributed by atoms with E-state index in [2.05, 4.69) is 16.9 Å². The van der Waals surface area contributed by atoms with Crippen molar-refractivity contribution in [3.8, 4) is 5.88 Å². The van der Waals surface area contributed by atoms with Crippen molar-refractivity contribution >= 4 is 11.9 Å². The minimum absolute atomic E-state index is 0.280. The molecule has 7 heteroatoms. The third kappa shape index (κ3) is 6.48. The van der Waals surface area contributed by atoms with E-state index in [1.807, 2.05) is 6.08 Å². The summed E-state index contributed by atoms with van der Waals surface area (Å²) in [7, 11) is 1.48. The molecule has 26 heavy (non-hydrogen) atoms. The second kappa shape index (κ2) is 10.6. The number of carbonyl (C=O) groups is 2. The van der Waals surface area contributed by atoms with Crippen molar-refractivity contribution in [2.75, 3.05) is 13.7 Å². The van der Waals surface area contributed by atoms with Gasteiger partial charge in [0.1, 0.15) is 0 Å². The summed E-state index contributed by atoms with van der Waals surface area (Å²) < 4.78 is 4.99. The van der Waals surface area contributed by atoms with E-state index in [9.17, 15) is 14.7 Å². The Morgan fingerprint density at radius 3 is 2.65 bits per heavy atom.